The molecule has 33 heavy (non-hydrogen) atoms. The van der Waals surface area contributed by atoms with Crippen molar-refractivity contribution in [1.29, 1.82) is 0 Å². The Bertz CT molecular complexity index is 1210. The predicted molar refractivity (Wildman–Crippen MR) is 102 cm³/mol. The van der Waals surface area contributed by atoms with Crippen LogP contribution in [0.4, 0.5) is 26.3 Å². The highest BCUT2D eigenvalue weighted by Crippen LogP contribution is 2.36. The highest BCUT2D eigenvalue weighted by Gasteiger charge is 2.39. The molecular weight excluding hydrogens is 454 g/mol. The lowest BCUT2D eigenvalue weighted by atomic mass is 9.81. The molecule has 4 rings (SSSR count). The van der Waals surface area contributed by atoms with E-state index >= 15 is 0 Å². The van der Waals surface area contributed by atoms with Gasteiger partial charge >= 0.3 is 12.4 Å². The molecule has 7 nitrogen and oxygen atoms in total. The zero-order valence-corrected chi connectivity index (χ0v) is 17.4. The Labute approximate surface area is 183 Å². The minimum absolute atomic E-state index is 0.141. The van der Waals surface area contributed by atoms with Crippen molar-refractivity contribution in [3.63, 3.8) is 0 Å². The molecular formula is C20H18F6N6O. The normalized spacial score (nSPS) is 18.8. The molecule has 3 aromatic heterocycles. The van der Waals surface area contributed by atoms with E-state index in [1.165, 1.54) is 24.0 Å². The second kappa shape index (κ2) is 7.59. The van der Waals surface area contributed by atoms with Crippen LogP contribution in [-0.4, -0.2) is 30.5 Å². The molecule has 0 unspecified atom stereocenters. The zero-order valence-electron chi connectivity index (χ0n) is 17.4. The number of carbonyl (C=O) groups is 1. The topological polar surface area (TPSA) is 77.6 Å². The summed E-state index contributed by atoms with van der Waals surface area (Å²) in [4.78, 5) is 16.2. The number of halogens is 6. The van der Waals surface area contributed by atoms with E-state index in [4.69, 9.17) is 0 Å². The number of nitrogens with zero attached hydrogens (tertiary/aromatic N) is 5. The first kappa shape index (κ1) is 22.8. The molecule has 1 aliphatic carbocycles. The van der Waals surface area contributed by atoms with Gasteiger partial charge in [-0.25, -0.2) is 4.68 Å². The molecule has 3 aromatic rings. The molecule has 0 spiro atoms. The van der Waals surface area contributed by atoms with E-state index in [0.29, 0.717) is 36.6 Å². The van der Waals surface area contributed by atoms with Gasteiger partial charge in [-0.2, -0.15) is 36.5 Å². The van der Waals surface area contributed by atoms with Gasteiger partial charge in [0.2, 0.25) is 0 Å². The average molecular weight is 472 g/mol. The van der Waals surface area contributed by atoms with E-state index in [-0.39, 0.29) is 11.4 Å². The lowest BCUT2D eigenvalue weighted by Gasteiger charge is -2.34. The first-order chi connectivity index (χ1) is 15.3. The van der Waals surface area contributed by atoms with Crippen molar-refractivity contribution < 1.29 is 31.1 Å². The number of amides is 1. The Morgan fingerprint density at radius 3 is 2.42 bits per heavy atom. The highest BCUT2D eigenvalue weighted by molar-refractivity contribution is 5.93. The highest BCUT2D eigenvalue weighted by atomic mass is 19.4. The lowest BCUT2D eigenvalue weighted by Crippen LogP contribution is -2.45. The van der Waals surface area contributed by atoms with E-state index in [1.54, 1.807) is 6.92 Å². The quantitative estimate of drug-likeness (QED) is 0.585. The van der Waals surface area contributed by atoms with Gasteiger partial charge in [-0.15, -0.1) is 0 Å². The molecule has 0 radical (unpaired) electrons. The van der Waals surface area contributed by atoms with Crippen LogP contribution in [0.2, 0.25) is 0 Å². The first-order valence-corrected chi connectivity index (χ1v) is 9.84. The lowest BCUT2D eigenvalue weighted by molar-refractivity contribution is -0.142. The molecule has 1 N–H and O–H groups in total. The number of rotatable bonds is 3. The van der Waals surface area contributed by atoms with Crippen molar-refractivity contribution in [3.05, 3.63) is 58.9 Å². The maximum absolute atomic E-state index is 13.0. The second-order valence-corrected chi connectivity index (χ2v) is 8.01. The van der Waals surface area contributed by atoms with Gasteiger partial charge in [0.05, 0.1) is 16.9 Å². The molecule has 13 heteroatoms. The Kier molecular flexibility index (Phi) is 5.25. The third kappa shape index (κ3) is 4.31. The van der Waals surface area contributed by atoms with E-state index in [1.807, 2.05) is 0 Å². The maximum Gasteiger partial charge on any atom is 0.435 e. The molecule has 3 heterocycles. The molecule has 0 aromatic carbocycles. The van der Waals surface area contributed by atoms with E-state index in [2.05, 4.69) is 20.5 Å². The monoisotopic (exact) mass is 472 g/mol. The van der Waals surface area contributed by atoms with Gasteiger partial charge in [-0.1, -0.05) is 0 Å². The summed E-state index contributed by atoms with van der Waals surface area (Å²) in [6.45, 7) is 1.70. The number of fused-ring (bicyclic) bond motifs is 1. The van der Waals surface area contributed by atoms with Crippen LogP contribution in [-0.2, 0) is 31.4 Å². The largest absolute Gasteiger partial charge is 0.435 e. The summed E-state index contributed by atoms with van der Waals surface area (Å²) in [5, 5.41) is 10.5. The molecule has 1 atom stereocenters. The number of aromatic nitrogens is 5. The van der Waals surface area contributed by atoms with E-state index in [0.717, 1.165) is 16.9 Å². The van der Waals surface area contributed by atoms with E-state index < -0.39 is 35.2 Å². The number of aryl methyl sites for hydroxylation is 2. The van der Waals surface area contributed by atoms with Gasteiger partial charge in [-0.05, 0) is 38.3 Å². The van der Waals surface area contributed by atoms with Crippen LogP contribution in [0.15, 0.2) is 30.6 Å². The van der Waals surface area contributed by atoms with Crippen molar-refractivity contribution in [2.75, 3.05) is 0 Å². The third-order valence-electron chi connectivity index (χ3n) is 5.57. The van der Waals surface area contributed by atoms with Gasteiger partial charge in [-0.3, -0.25) is 14.5 Å². The van der Waals surface area contributed by atoms with Crippen LogP contribution in [0.5, 0.6) is 0 Å². The summed E-state index contributed by atoms with van der Waals surface area (Å²) in [6.07, 6.45) is -5.15. The standard InChI is InChI=1S/C20H18F6N6O/c1-18(28-17(33)14-9-16(20(24,25)26)30-31(14)2)6-3-4-13-12(18)10-32(29-13)11-5-7-27-15(8-11)19(21,22)23/h5,7-10H,3-4,6H2,1-2H3,(H,28,33)/t18-/m1/s1. The summed E-state index contributed by atoms with van der Waals surface area (Å²) in [5.41, 5.74) is -2.22. The summed E-state index contributed by atoms with van der Waals surface area (Å²) < 4.78 is 80.1. The van der Waals surface area contributed by atoms with Crippen LogP contribution in [0.25, 0.3) is 5.69 Å². The van der Waals surface area contributed by atoms with Gasteiger partial charge in [0.25, 0.3) is 5.91 Å². The van der Waals surface area contributed by atoms with Crippen LogP contribution in [0.1, 0.15) is 52.9 Å². The van der Waals surface area contributed by atoms with Crippen LogP contribution in [0, 0.1) is 0 Å². The van der Waals surface area contributed by atoms with Gasteiger partial charge in [0, 0.05) is 31.1 Å². The van der Waals surface area contributed by atoms with Gasteiger partial charge in [0.1, 0.15) is 11.4 Å². The third-order valence-corrected chi connectivity index (χ3v) is 5.57. The van der Waals surface area contributed by atoms with Crippen molar-refractivity contribution in [1.82, 2.24) is 29.9 Å². The predicted octanol–water partition coefficient (Wildman–Crippen LogP) is 4.02. The van der Waals surface area contributed by atoms with Crippen molar-refractivity contribution in [3.8, 4) is 5.69 Å². The van der Waals surface area contributed by atoms with Crippen molar-refractivity contribution in [2.45, 2.75) is 44.1 Å². The summed E-state index contributed by atoms with van der Waals surface area (Å²) in [6, 6.07) is 2.90. The summed E-state index contributed by atoms with van der Waals surface area (Å²) in [5.74, 6) is -0.758. The molecule has 0 bridgehead atoms. The Morgan fingerprint density at radius 1 is 1.09 bits per heavy atom. The Morgan fingerprint density at radius 2 is 1.79 bits per heavy atom. The molecule has 0 fully saturated rings. The minimum atomic E-state index is -4.70. The number of carbonyl (C=O) groups excluding carboxylic acids is 1. The number of hydrogen-bond acceptors (Lipinski definition) is 4. The van der Waals surface area contributed by atoms with Crippen LogP contribution < -0.4 is 5.32 Å². The molecule has 176 valence electrons. The summed E-state index contributed by atoms with van der Waals surface area (Å²) >= 11 is 0. The number of pyridine rings is 1. The Balaban J connectivity index is 1.65. The molecule has 1 amide bonds. The zero-order chi connectivity index (χ0) is 24.2. The van der Waals surface area contributed by atoms with Gasteiger partial charge < -0.3 is 5.32 Å². The fourth-order valence-corrected chi connectivity index (χ4v) is 3.91. The Hall–Kier alpha value is -3.38. The van der Waals surface area contributed by atoms with E-state index in [9.17, 15) is 31.1 Å². The van der Waals surface area contributed by atoms with Crippen molar-refractivity contribution >= 4 is 5.91 Å². The SMILES string of the molecule is Cn1nc(C(F)(F)F)cc1C(=O)N[C@]1(C)CCCc2nn(-c3ccnc(C(F)(F)F)c3)cc21. The molecule has 0 saturated heterocycles. The second-order valence-electron chi connectivity index (χ2n) is 8.01. The smallest absolute Gasteiger partial charge is 0.341 e. The first-order valence-electron chi connectivity index (χ1n) is 9.84. The summed E-state index contributed by atoms with van der Waals surface area (Å²) in [7, 11) is 1.23. The molecule has 0 saturated carbocycles. The fourth-order valence-electron chi connectivity index (χ4n) is 3.91. The van der Waals surface area contributed by atoms with Crippen LogP contribution >= 0.6 is 0 Å². The average Bonchev–Trinajstić information content (AvgIpc) is 3.32. The van der Waals surface area contributed by atoms with Crippen LogP contribution in [0.3, 0.4) is 0 Å². The number of hydrogen-bond donors (Lipinski definition) is 1. The molecule has 0 aliphatic heterocycles. The number of nitrogens with one attached hydrogen (secondary N) is 1. The molecule has 1 aliphatic rings. The fraction of sp³-hybridized carbons (Fsp3) is 0.400. The van der Waals surface area contributed by atoms with Gasteiger partial charge in [0.15, 0.2) is 5.69 Å². The number of alkyl halides is 6. The van der Waals surface area contributed by atoms with Crippen molar-refractivity contribution in [2.24, 2.45) is 7.05 Å². The maximum atomic E-state index is 13.0. The minimum Gasteiger partial charge on any atom is -0.341 e.